The summed E-state index contributed by atoms with van der Waals surface area (Å²) in [5.41, 5.74) is 12.6. The van der Waals surface area contributed by atoms with Gasteiger partial charge in [-0.25, -0.2) is 0 Å². The molecule has 0 saturated carbocycles. The lowest BCUT2D eigenvalue weighted by atomic mass is 10.0. The van der Waals surface area contributed by atoms with Crippen molar-refractivity contribution in [3.05, 3.63) is 45.9 Å². The Kier molecular flexibility index (Phi) is 7.19. The van der Waals surface area contributed by atoms with Gasteiger partial charge in [0.25, 0.3) is 5.56 Å². The van der Waals surface area contributed by atoms with Gasteiger partial charge in [0.1, 0.15) is 5.75 Å². The second-order valence-electron chi connectivity index (χ2n) is 7.03. The first kappa shape index (κ1) is 20.7. The summed E-state index contributed by atoms with van der Waals surface area (Å²) in [5.74, 6) is 0.423. The van der Waals surface area contributed by atoms with Gasteiger partial charge in [-0.1, -0.05) is 33.3 Å². The highest BCUT2D eigenvalue weighted by Gasteiger charge is 2.18. The summed E-state index contributed by atoms with van der Waals surface area (Å²) >= 11 is 0. The minimum absolute atomic E-state index is 0.0765. The number of rotatable bonds is 9. The average Bonchev–Trinajstić information content (AvgIpc) is 2.63. The number of aromatic nitrogens is 1. The Hall–Kier alpha value is -2.60. The van der Waals surface area contributed by atoms with Crippen LogP contribution in [0.2, 0.25) is 0 Å². The molecule has 0 saturated heterocycles. The molecule has 146 valence electrons. The lowest BCUT2D eigenvalue weighted by Gasteiger charge is -2.20. The number of carbonyl (C=O) groups is 1. The highest BCUT2D eigenvalue weighted by Crippen LogP contribution is 2.30. The van der Waals surface area contributed by atoms with Gasteiger partial charge in [-0.3, -0.25) is 9.59 Å². The van der Waals surface area contributed by atoms with Gasteiger partial charge in [0.2, 0.25) is 5.91 Å². The van der Waals surface area contributed by atoms with E-state index in [1.807, 2.05) is 6.07 Å². The number of nitrogens with zero attached hydrogens (tertiary/aromatic N) is 1. The van der Waals surface area contributed by atoms with Crippen LogP contribution in [0, 0.1) is 5.92 Å². The molecule has 27 heavy (non-hydrogen) atoms. The van der Waals surface area contributed by atoms with Crippen LogP contribution in [-0.4, -0.2) is 17.1 Å². The van der Waals surface area contributed by atoms with Gasteiger partial charge in [0, 0.05) is 24.6 Å². The van der Waals surface area contributed by atoms with Crippen molar-refractivity contribution in [1.29, 1.82) is 0 Å². The fourth-order valence-electron chi connectivity index (χ4n) is 3.01. The van der Waals surface area contributed by atoms with Gasteiger partial charge in [-0.15, -0.1) is 0 Å². The Labute approximate surface area is 159 Å². The fraction of sp³-hybridized carbons (Fsp3) is 0.429. The molecule has 0 aliphatic rings. The highest BCUT2D eigenvalue weighted by molar-refractivity contribution is 5.93. The number of ether oxygens (including phenoxy) is 1. The van der Waals surface area contributed by atoms with Crippen molar-refractivity contribution in [1.82, 2.24) is 4.57 Å². The molecule has 6 heteroatoms. The number of nitrogens with two attached hydrogens (primary N) is 2. The number of unbranched alkanes of at least 4 members (excludes halogenated alkanes) is 1. The van der Waals surface area contributed by atoms with Crippen LogP contribution in [0.4, 0.5) is 0 Å². The predicted molar refractivity (Wildman–Crippen MR) is 110 cm³/mol. The lowest BCUT2D eigenvalue weighted by molar-refractivity contribution is -0.113. The second kappa shape index (κ2) is 9.37. The molecule has 0 fully saturated rings. The Morgan fingerprint density at radius 1 is 1.30 bits per heavy atom. The monoisotopic (exact) mass is 371 g/mol. The molecule has 0 aliphatic carbocycles. The van der Waals surface area contributed by atoms with Gasteiger partial charge in [0.05, 0.1) is 17.7 Å². The zero-order valence-corrected chi connectivity index (χ0v) is 16.3. The number of benzene rings is 1. The minimum Gasteiger partial charge on any atom is -0.491 e. The molecule has 0 unspecified atom stereocenters. The highest BCUT2D eigenvalue weighted by atomic mass is 16.5. The topological polar surface area (TPSA) is 100 Å². The lowest BCUT2D eigenvalue weighted by Crippen LogP contribution is -2.28. The van der Waals surface area contributed by atoms with Crippen molar-refractivity contribution in [3.8, 4) is 5.75 Å². The van der Waals surface area contributed by atoms with Crippen LogP contribution < -0.4 is 21.8 Å². The Morgan fingerprint density at radius 3 is 2.63 bits per heavy atom. The van der Waals surface area contributed by atoms with Crippen LogP contribution in [0.5, 0.6) is 5.75 Å². The first-order chi connectivity index (χ1) is 12.9. The maximum absolute atomic E-state index is 13.1. The summed E-state index contributed by atoms with van der Waals surface area (Å²) in [6, 6.07) is 5.40. The van der Waals surface area contributed by atoms with Gasteiger partial charge < -0.3 is 20.8 Å². The Balaban J connectivity index is 2.73. The molecular weight excluding hydrogens is 342 g/mol. The van der Waals surface area contributed by atoms with Crippen LogP contribution in [-0.2, 0) is 17.9 Å². The minimum atomic E-state index is -0.524. The van der Waals surface area contributed by atoms with E-state index < -0.39 is 5.91 Å². The molecule has 0 atom stereocenters. The normalized spacial score (nSPS) is 11.6. The van der Waals surface area contributed by atoms with E-state index in [0.717, 1.165) is 18.4 Å². The van der Waals surface area contributed by atoms with E-state index in [4.69, 9.17) is 16.2 Å². The molecule has 1 aromatic heterocycles. The van der Waals surface area contributed by atoms with E-state index in [1.165, 1.54) is 6.08 Å². The van der Waals surface area contributed by atoms with Gasteiger partial charge >= 0.3 is 0 Å². The van der Waals surface area contributed by atoms with Crippen LogP contribution in [0.1, 0.15) is 44.9 Å². The second-order valence-corrected chi connectivity index (χ2v) is 7.03. The summed E-state index contributed by atoms with van der Waals surface area (Å²) in [5, 5.41) is 1.29. The molecule has 4 N–H and O–H groups in total. The molecule has 1 amide bonds. The predicted octanol–water partition coefficient (Wildman–Crippen LogP) is 2.79. The zero-order valence-electron chi connectivity index (χ0n) is 16.3. The van der Waals surface area contributed by atoms with E-state index >= 15 is 0 Å². The van der Waals surface area contributed by atoms with Gasteiger partial charge in [0.15, 0.2) is 0 Å². The molecule has 0 bridgehead atoms. The van der Waals surface area contributed by atoms with Gasteiger partial charge in [-0.05, 0) is 36.1 Å². The first-order valence-electron chi connectivity index (χ1n) is 9.38. The van der Waals surface area contributed by atoms with E-state index in [2.05, 4.69) is 20.8 Å². The molecule has 6 nitrogen and oxygen atoms in total. The quantitative estimate of drug-likeness (QED) is 0.523. The van der Waals surface area contributed by atoms with Crippen molar-refractivity contribution in [2.45, 2.75) is 46.7 Å². The van der Waals surface area contributed by atoms with Crippen molar-refractivity contribution in [2.75, 3.05) is 6.61 Å². The molecular formula is C21H29N3O3. The van der Waals surface area contributed by atoms with Crippen LogP contribution in [0.3, 0.4) is 0 Å². The van der Waals surface area contributed by atoms with E-state index in [9.17, 15) is 9.59 Å². The third-order valence-electron chi connectivity index (χ3n) is 4.28. The maximum atomic E-state index is 13.1. The van der Waals surface area contributed by atoms with Crippen LogP contribution >= 0.6 is 0 Å². The summed E-state index contributed by atoms with van der Waals surface area (Å²) in [6.07, 6.45) is 4.84. The molecule has 1 aromatic carbocycles. The van der Waals surface area contributed by atoms with E-state index in [1.54, 1.807) is 22.8 Å². The fourth-order valence-corrected chi connectivity index (χ4v) is 3.01. The molecule has 0 spiro atoms. The third kappa shape index (κ3) is 4.98. The summed E-state index contributed by atoms with van der Waals surface area (Å²) in [7, 11) is 0. The summed E-state index contributed by atoms with van der Waals surface area (Å²) < 4.78 is 7.81. The van der Waals surface area contributed by atoms with E-state index in [0.29, 0.717) is 41.3 Å². The van der Waals surface area contributed by atoms with Crippen molar-refractivity contribution in [3.63, 3.8) is 0 Å². The molecule has 0 aliphatic heterocycles. The Bertz CT molecular complexity index is 898. The summed E-state index contributed by atoms with van der Waals surface area (Å²) in [6.45, 7) is 7.56. The zero-order chi connectivity index (χ0) is 20.0. The van der Waals surface area contributed by atoms with Gasteiger partial charge in [-0.2, -0.15) is 0 Å². The molecule has 0 radical (unpaired) electrons. The molecule has 2 rings (SSSR count). The molecule has 2 aromatic rings. The van der Waals surface area contributed by atoms with Crippen molar-refractivity contribution in [2.24, 2.45) is 17.4 Å². The number of carbonyl (C=O) groups excluding carboxylic acids is 1. The van der Waals surface area contributed by atoms with Crippen LogP contribution in [0.25, 0.3) is 16.8 Å². The number of hydrogen-bond donors (Lipinski definition) is 2. The number of amides is 1. The Morgan fingerprint density at radius 2 is 2.04 bits per heavy atom. The molecule has 1 heterocycles. The van der Waals surface area contributed by atoms with Crippen molar-refractivity contribution >= 4 is 22.8 Å². The number of fused-ring (bicyclic) bond motifs is 1. The SMILES string of the molecule is CCCCOc1c(CN)n(CC(C)C)c(=O)c2ccc(C=CC(N)=O)cc12. The number of pyridine rings is 1. The average molecular weight is 371 g/mol. The standard InChI is InChI=1S/C21H29N3O3/c1-4-5-10-27-20-17-11-15(7-9-19(23)25)6-8-16(17)21(26)24(13-14(2)3)18(20)12-22/h6-9,11,14H,4-5,10,12-13,22H2,1-3H3,(H2,23,25). The first-order valence-corrected chi connectivity index (χ1v) is 9.38. The largest absolute Gasteiger partial charge is 0.491 e. The van der Waals surface area contributed by atoms with Crippen molar-refractivity contribution < 1.29 is 9.53 Å². The third-order valence-corrected chi connectivity index (χ3v) is 4.28. The number of primary amides is 1. The smallest absolute Gasteiger partial charge is 0.258 e. The maximum Gasteiger partial charge on any atom is 0.258 e. The summed E-state index contributed by atoms with van der Waals surface area (Å²) in [4.78, 5) is 24.1. The van der Waals surface area contributed by atoms with E-state index in [-0.39, 0.29) is 12.1 Å². The van der Waals surface area contributed by atoms with Crippen LogP contribution in [0.15, 0.2) is 29.1 Å². The number of hydrogen-bond acceptors (Lipinski definition) is 4.